The molecule has 0 aromatic heterocycles. The van der Waals surface area contributed by atoms with Gasteiger partial charge in [-0.1, -0.05) is 0 Å². The Hall–Kier alpha value is -0.860. The molecule has 0 aromatic rings. The molecular formula is C9H14O3. The minimum atomic E-state index is -0.231. The highest BCUT2D eigenvalue weighted by Crippen LogP contribution is 2.07. The molecule has 1 heterocycles. The van der Waals surface area contributed by atoms with Crippen LogP contribution >= 0.6 is 0 Å². The third-order valence-corrected chi connectivity index (χ3v) is 1.97. The number of carbonyl (C=O) groups excluding carboxylic acids is 2. The normalized spacial score (nSPS) is 21.7. The zero-order chi connectivity index (χ0) is 8.81. The number of esters is 1. The Bertz CT molecular complexity index is 155. The largest absolute Gasteiger partial charge is 0.466 e. The topological polar surface area (TPSA) is 43.4 Å². The summed E-state index contributed by atoms with van der Waals surface area (Å²) in [4.78, 5) is 21.9. The summed E-state index contributed by atoms with van der Waals surface area (Å²) in [5.74, 6) is -0.0425. The van der Waals surface area contributed by atoms with E-state index in [-0.39, 0.29) is 18.2 Å². The van der Waals surface area contributed by atoms with E-state index in [4.69, 9.17) is 4.74 Å². The minimum Gasteiger partial charge on any atom is -0.466 e. The van der Waals surface area contributed by atoms with E-state index in [0.717, 1.165) is 19.3 Å². The smallest absolute Gasteiger partial charge is 0.306 e. The van der Waals surface area contributed by atoms with Gasteiger partial charge in [0, 0.05) is 12.8 Å². The van der Waals surface area contributed by atoms with E-state index in [2.05, 4.69) is 0 Å². The summed E-state index contributed by atoms with van der Waals surface area (Å²) in [6.07, 6.45) is 4.07. The highest BCUT2D eigenvalue weighted by atomic mass is 16.5. The van der Waals surface area contributed by atoms with Crippen LogP contribution in [0.5, 0.6) is 0 Å². The van der Waals surface area contributed by atoms with Crippen molar-refractivity contribution in [3.05, 3.63) is 0 Å². The van der Waals surface area contributed by atoms with Crippen LogP contribution in [-0.4, -0.2) is 18.4 Å². The number of cyclic esters (lactones) is 1. The van der Waals surface area contributed by atoms with Crippen LogP contribution in [0.25, 0.3) is 0 Å². The van der Waals surface area contributed by atoms with Gasteiger partial charge in [0.25, 0.3) is 0 Å². The molecule has 0 saturated carbocycles. The van der Waals surface area contributed by atoms with Crippen LogP contribution in [0.4, 0.5) is 0 Å². The number of rotatable bonds is 0. The first-order valence-corrected chi connectivity index (χ1v) is 4.46. The van der Waals surface area contributed by atoms with Crippen LogP contribution in [0.1, 0.15) is 38.5 Å². The zero-order valence-corrected chi connectivity index (χ0v) is 7.17. The molecule has 0 bridgehead atoms. The summed E-state index contributed by atoms with van der Waals surface area (Å²) in [7, 11) is 0. The third kappa shape index (κ3) is 3.51. The first-order chi connectivity index (χ1) is 5.79. The molecule has 0 atom stereocenters. The summed E-state index contributed by atoms with van der Waals surface area (Å²) in [6, 6.07) is 0. The molecule has 0 N–H and O–H groups in total. The van der Waals surface area contributed by atoms with Crippen molar-refractivity contribution in [1.29, 1.82) is 0 Å². The van der Waals surface area contributed by atoms with Crippen molar-refractivity contribution in [2.45, 2.75) is 38.5 Å². The molecule has 1 fully saturated rings. The predicted octanol–water partition coefficient (Wildman–Crippen LogP) is 1.45. The lowest BCUT2D eigenvalue weighted by atomic mass is 10.1. The van der Waals surface area contributed by atoms with E-state index >= 15 is 0 Å². The molecule has 0 aliphatic carbocycles. The fourth-order valence-corrected chi connectivity index (χ4v) is 1.23. The Kier molecular flexibility index (Phi) is 3.77. The van der Waals surface area contributed by atoms with Gasteiger partial charge in [0.15, 0.2) is 0 Å². The predicted molar refractivity (Wildman–Crippen MR) is 43.7 cm³/mol. The van der Waals surface area contributed by atoms with Gasteiger partial charge in [-0.05, 0) is 19.3 Å². The van der Waals surface area contributed by atoms with Gasteiger partial charge < -0.3 is 4.74 Å². The highest BCUT2D eigenvalue weighted by molar-refractivity contribution is 5.82. The number of hydrogen-bond donors (Lipinski definition) is 0. The molecule has 1 saturated heterocycles. The van der Waals surface area contributed by atoms with Crippen molar-refractivity contribution in [2.24, 2.45) is 0 Å². The van der Waals surface area contributed by atoms with Gasteiger partial charge in [-0.25, -0.2) is 0 Å². The van der Waals surface area contributed by atoms with E-state index in [0.29, 0.717) is 19.4 Å². The van der Waals surface area contributed by atoms with Crippen molar-refractivity contribution >= 4 is 11.8 Å². The molecule has 1 aliphatic heterocycles. The number of ether oxygens (including phenoxy) is 1. The lowest BCUT2D eigenvalue weighted by Gasteiger charge is -2.07. The Morgan fingerprint density at radius 2 is 1.75 bits per heavy atom. The Labute approximate surface area is 72.1 Å². The second kappa shape index (κ2) is 4.91. The van der Waals surface area contributed by atoms with Crippen LogP contribution in [-0.2, 0) is 14.3 Å². The Balaban J connectivity index is 2.32. The van der Waals surface area contributed by atoms with Crippen LogP contribution in [0.3, 0.4) is 0 Å². The summed E-state index contributed by atoms with van der Waals surface area (Å²) >= 11 is 0. The van der Waals surface area contributed by atoms with Crippen LogP contribution < -0.4 is 0 Å². The molecule has 1 aliphatic rings. The highest BCUT2D eigenvalue weighted by Gasteiger charge is 2.09. The van der Waals surface area contributed by atoms with Crippen LogP contribution in [0.2, 0.25) is 0 Å². The lowest BCUT2D eigenvalue weighted by molar-refractivity contribution is -0.145. The van der Waals surface area contributed by atoms with Gasteiger partial charge in [-0.2, -0.15) is 0 Å². The van der Waals surface area contributed by atoms with Gasteiger partial charge in [0.05, 0.1) is 13.0 Å². The quantitative estimate of drug-likeness (QED) is 0.517. The van der Waals surface area contributed by atoms with Crippen molar-refractivity contribution in [3.63, 3.8) is 0 Å². The fraction of sp³-hybridized carbons (Fsp3) is 0.778. The molecular weight excluding hydrogens is 156 g/mol. The molecule has 12 heavy (non-hydrogen) atoms. The molecule has 0 amide bonds. The molecule has 3 nitrogen and oxygen atoms in total. The molecule has 3 heteroatoms. The van der Waals surface area contributed by atoms with Crippen LogP contribution in [0.15, 0.2) is 0 Å². The van der Waals surface area contributed by atoms with E-state index in [1.165, 1.54) is 0 Å². The maximum atomic E-state index is 11.0. The van der Waals surface area contributed by atoms with Crippen molar-refractivity contribution in [3.8, 4) is 0 Å². The summed E-state index contributed by atoms with van der Waals surface area (Å²) in [5, 5.41) is 0. The number of Topliss-reactive ketones (excluding diaryl/α,β-unsaturated/α-hetero) is 1. The van der Waals surface area contributed by atoms with Gasteiger partial charge >= 0.3 is 5.97 Å². The summed E-state index contributed by atoms with van der Waals surface area (Å²) in [6.45, 7) is 0.521. The van der Waals surface area contributed by atoms with Crippen molar-refractivity contribution in [1.82, 2.24) is 0 Å². The van der Waals surface area contributed by atoms with E-state index in [9.17, 15) is 9.59 Å². The average Bonchev–Trinajstić information content (AvgIpc) is 2.07. The molecule has 0 spiro atoms. The minimum absolute atomic E-state index is 0.189. The van der Waals surface area contributed by atoms with Crippen molar-refractivity contribution < 1.29 is 14.3 Å². The van der Waals surface area contributed by atoms with Gasteiger partial charge in [0.2, 0.25) is 0 Å². The molecule has 0 radical (unpaired) electrons. The maximum absolute atomic E-state index is 11.0. The molecule has 1 rings (SSSR count). The van der Waals surface area contributed by atoms with Gasteiger partial charge in [0.1, 0.15) is 5.78 Å². The maximum Gasteiger partial charge on any atom is 0.306 e. The molecule has 68 valence electrons. The Morgan fingerprint density at radius 3 is 2.58 bits per heavy atom. The Morgan fingerprint density at radius 1 is 0.917 bits per heavy atom. The first kappa shape index (κ1) is 9.23. The van der Waals surface area contributed by atoms with E-state index < -0.39 is 0 Å². The second-order valence-electron chi connectivity index (χ2n) is 3.07. The van der Waals surface area contributed by atoms with Gasteiger partial charge in [-0.3, -0.25) is 9.59 Å². The molecule has 0 aromatic carbocycles. The zero-order valence-electron chi connectivity index (χ0n) is 7.17. The second-order valence-corrected chi connectivity index (χ2v) is 3.07. The summed E-state index contributed by atoms with van der Waals surface area (Å²) in [5.41, 5.74) is 0. The first-order valence-electron chi connectivity index (χ1n) is 4.46. The third-order valence-electron chi connectivity index (χ3n) is 1.97. The molecule has 0 unspecified atom stereocenters. The monoisotopic (exact) mass is 170 g/mol. The van der Waals surface area contributed by atoms with Gasteiger partial charge in [-0.15, -0.1) is 0 Å². The standard InChI is InChI=1S/C9H14O3/c10-8-4-2-1-3-7-12-9(11)6-5-8/h1-7H2. The fourth-order valence-electron chi connectivity index (χ4n) is 1.23. The number of hydrogen-bond acceptors (Lipinski definition) is 3. The number of ketones is 1. The van der Waals surface area contributed by atoms with E-state index in [1.807, 2.05) is 0 Å². The lowest BCUT2D eigenvalue weighted by Crippen LogP contribution is -2.10. The summed E-state index contributed by atoms with van der Waals surface area (Å²) < 4.78 is 4.88. The van der Waals surface area contributed by atoms with Crippen molar-refractivity contribution in [2.75, 3.05) is 6.61 Å². The number of carbonyl (C=O) groups is 2. The SMILES string of the molecule is O=C1CCCCCOC(=O)CC1. The average molecular weight is 170 g/mol. The van der Waals surface area contributed by atoms with E-state index in [1.54, 1.807) is 0 Å². The van der Waals surface area contributed by atoms with Crippen LogP contribution in [0, 0.1) is 0 Å².